The molecule has 0 spiro atoms. The lowest BCUT2D eigenvalue weighted by Gasteiger charge is -2.28. The van der Waals surface area contributed by atoms with Crippen molar-refractivity contribution in [3.8, 4) is 0 Å². The van der Waals surface area contributed by atoms with E-state index in [-0.39, 0.29) is 10.8 Å². The van der Waals surface area contributed by atoms with Crippen LogP contribution in [0, 0.1) is 6.92 Å². The first-order chi connectivity index (χ1) is 14.4. The van der Waals surface area contributed by atoms with Gasteiger partial charge in [0, 0.05) is 31.7 Å². The lowest BCUT2D eigenvalue weighted by atomic mass is 10.1. The molecule has 0 aliphatic carbocycles. The first-order valence-corrected chi connectivity index (χ1v) is 12.1. The van der Waals surface area contributed by atoms with E-state index in [1.807, 2.05) is 32.9 Å². The fourth-order valence-corrected chi connectivity index (χ4v) is 5.31. The predicted molar refractivity (Wildman–Crippen MR) is 122 cm³/mol. The summed E-state index contributed by atoms with van der Waals surface area (Å²) < 4.78 is 27.9. The Hall–Kier alpha value is -2.38. The zero-order valence-corrected chi connectivity index (χ0v) is 18.8. The molecule has 1 heterocycles. The van der Waals surface area contributed by atoms with Crippen molar-refractivity contribution < 1.29 is 13.2 Å². The van der Waals surface area contributed by atoms with Crippen LogP contribution < -0.4 is 10.2 Å². The number of rotatable bonds is 7. The summed E-state index contributed by atoms with van der Waals surface area (Å²) in [5, 5.41) is 2.95. The molecular formula is C23H31N3O3S. The molecule has 0 aromatic heterocycles. The van der Waals surface area contributed by atoms with Crippen LogP contribution in [0.5, 0.6) is 0 Å². The van der Waals surface area contributed by atoms with Crippen molar-refractivity contribution in [3.63, 3.8) is 0 Å². The summed E-state index contributed by atoms with van der Waals surface area (Å²) in [4.78, 5) is 15.2. The lowest BCUT2D eigenvalue weighted by Crippen LogP contribution is -2.35. The standard InChI is InChI=1S/C23H31N3O3S/c1-4-25(5-2)22-14-13-20(30(28,29)26-15-7-6-8-16-26)17-21(22)24-23(27)19-11-9-18(3)10-12-19/h9-14,17H,4-8,15-16H2,1-3H3,(H,24,27). The van der Waals surface area contributed by atoms with Crippen LogP contribution in [0.25, 0.3) is 0 Å². The number of benzene rings is 2. The van der Waals surface area contributed by atoms with Gasteiger partial charge in [-0.3, -0.25) is 4.79 Å². The van der Waals surface area contributed by atoms with Crippen molar-refractivity contribution in [3.05, 3.63) is 53.6 Å². The highest BCUT2D eigenvalue weighted by Crippen LogP contribution is 2.31. The van der Waals surface area contributed by atoms with Crippen LogP contribution in [0.4, 0.5) is 11.4 Å². The maximum Gasteiger partial charge on any atom is 0.255 e. The van der Waals surface area contributed by atoms with Gasteiger partial charge in [-0.15, -0.1) is 0 Å². The summed E-state index contributed by atoms with van der Waals surface area (Å²) in [5.74, 6) is -0.254. The largest absolute Gasteiger partial charge is 0.370 e. The van der Waals surface area contributed by atoms with Gasteiger partial charge in [-0.2, -0.15) is 4.31 Å². The number of nitrogens with one attached hydrogen (secondary N) is 1. The summed E-state index contributed by atoms with van der Waals surface area (Å²) in [6.45, 7) is 8.64. The van der Waals surface area contributed by atoms with Crippen molar-refractivity contribution in [1.29, 1.82) is 0 Å². The average Bonchev–Trinajstić information content (AvgIpc) is 2.76. The molecule has 0 saturated carbocycles. The van der Waals surface area contributed by atoms with Crippen molar-refractivity contribution in [2.24, 2.45) is 0 Å². The van der Waals surface area contributed by atoms with E-state index in [1.54, 1.807) is 34.6 Å². The van der Waals surface area contributed by atoms with Crippen molar-refractivity contribution >= 4 is 27.3 Å². The number of aryl methyl sites for hydroxylation is 1. The Morgan fingerprint density at radius 2 is 1.63 bits per heavy atom. The molecule has 0 radical (unpaired) electrons. The van der Waals surface area contributed by atoms with Crippen LogP contribution in [0.2, 0.25) is 0 Å². The predicted octanol–water partition coefficient (Wildman–Crippen LogP) is 4.27. The second-order valence-corrected chi connectivity index (χ2v) is 9.57. The van der Waals surface area contributed by atoms with Gasteiger partial charge in [-0.1, -0.05) is 24.1 Å². The lowest BCUT2D eigenvalue weighted by molar-refractivity contribution is 0.102. The molecule has 3 rings (SSSR count). The number of piperidine rings is 1. The topological polar surface area (TPSA) is 69.7 Å². The van der Waals surface area contributed by atoms with E-state index in [4.69, 9.17) is 0 Å². The highest BCUT2D eigenvalue weighted by atomic mass is 32.2. The number of nitrogens with zero attached hydrogens (tertiary/aromatic N) is 2. The summed E-state index contributed by atoms with van der Waals surface area (Å²) in [5.41, 5.74) is 2.95. The van der Waals surface area contributed by atoms with Gasteiger partial charge in [-0.05, 0) is 63.9 Å². The van der Waals surface area contributed by atoms with Crippen LogP contribution in [-0.2, 0) is 10.0 Å². The summed E-state index contributed by atoms with van der Waals surface area (Å²) in [6, 6.07) is 12.4. The Bertz CT molecular complexity index is 977. The Morgan fingerprint density at radius 1 is 1.00 bits per heavy atom. The monoisotopic (exact) mass is 429 g/mol. The summed E-state index contributed by atoms with van der Waals surface area (Å²) in [7, 11) is -3.58. The van der Waals surface area contributed by atoms with Crippen LogP contribution in [0.1, 0.15) is 49.0 Å². The van der Waals surface area contributed by atoms with Crippen molar-refractivity contribution in [1.82, 2.24) is 4.31 Å². The maximum atomic E-state index is 13.2. The third-order valence-corrected chi connectivity index (χ3v) is 7.48. The number of carbonyl (C=O) groups is 1. The van der Waals surface area contributed by atoms with Crippen molar-refractivity contribution in [2.45, 2.75) is 44.9 Å². The zero-order chi connectivity index (χ0) is 21.7. The first-order valence-electron chi connectivity index (χ1n) is 10.6. The van der Waals surface area contributed by atoms with E-state index < -0.39 is 10.0 Å². The smallest absolute Gasteiger partial charge is 0.255 e. The molecule has 30 heavy (non-hydrogen) atoms. The van der Waals surface area contributed by atoms with Crippen LogP contribution >= 0.6 is 0 Å². The molecule has 0 atom stereocenters. The quantitative estimate of drug-likeness (QED) is 0.714. The molecular weight excluding hydrogens is 398 g/mol. The number of anilines is 2. The van der Waals surface area contributed by atoms with Gasteiger partial charge in [0.25, 0.3) is 5.91 Å². The molecule has 1 saturated heterocycles. The van der Waals surface area contributed by atoms with Gasteiger partial charge in [0.05, 0.1) is 16.3 Å². The molecule has 2 aromatic carbocycles. The molecule has 162 valence electrons. The van der Waals surface area contributed by atoms with E-state index >= 15 is 0 Å². The van der Waals surface area contributed by atoms with E-state index in [0.29, 0.717) is 24.3 Å². The van der Waals surface area contributed by atoms with Gasteiger partial charge in [0.15, 0.2) is 0 Å². The Balaban J connectivity index is 1.98. The fourth-order valence-electron chi connectivity index (χ4n) is 3.77. The van der Waals surface area contributed by atoms with Crippen LogP contribution in [0.3, 0.4) is 0 Å². The third-order valence-electron chi connectivity index (χ3n) is 5.59. The van der Waals surface area contributed by atoms with E-state index in [0.717, 1.165) is 43.6 Å². The third kappa shape index (κ3) is 4.84. The molecule has 2 aromatic rings. The first kappa shape index (κ1) is 22.3. The number of hydrogen-bond acceptors (Lipinski definition) is 4. The molecule has 1 N–H and O–H groups in total. The second kappa shape index (κ2) is 9.62. The fraction of sp³-hybridized carbons (Fsp3) is 0.435. The Morgan fingerprint density at radius 3 is 2.23 bits per heavy atom. The molecule has 1 aliphatic rings. The van der Waals surface area contributed by atoms with E-state index in [9.17, 15) is 13.2 Å². The second-order valence-electron chi connectivity index (χ2n) is 7.64. The van der Waals surface area contributed by atoms with Gasteiger partial charge in [0.2, 0.25) is 10.0 Å². The molecule has 7 heteroatoms. The maximum absolute atomic E-state index is 13.2. The molecule has 6 nitrogen and oxygen atoms in total. The van der Waals surface area contributed by atoms with Gasteiger partial charge in [0.1, 0.15) is 0 Å². The van der Waals surface area contributed by atoms with E-state index in [2.05, 4.69) is 10.2 Å². The minimum atomic E-state index is -3.58. The zero-order valence-electron chi connectivity index (χ0n) is 18.0. The van der Waals surface area contributed by atoms with Gasteiger partial charge < -0.3 is 10.2 Å². The summed E-state index contributed by atoms with van der Waals surface area (Å²) >= 11 is 0. The highest BCUT2D eigenvalue weighted by Gasteiger charge is 2.27. The van der Waals surface area contributed by atoms with Crippen molar-refractivity contribution in [2.75, 3.05) is 36.4 Å². The number of amides is 1. The minimum absolute atomic E-state index is 0.222. The Kier molecular flexibility index (Phi) is 7.15. The Labute approximate surface area is 179 Å². The molecule has 1 fully saturated rings. The van der Waals surface area contributed by atoms with Crippen LogP contribution in [0.15, 0.2) is 47.4 Å². The highest BCUT2D eigenvalue weighted by molar-refractivity contribution is 7.89. The molecule has 1 amide bonds. The number of sulfonamides is 1. The average molecular weight is 430 g/mol. The van der Waals surface area contributed by atoms with Gasteiger partial charge in [-0.25, -0.2) is 8.42 Å². The molecule has 0 bridgehead atoms. The molecule has 0 unspecified atom stereocenters. The van der Waals surface area contributed by atoms with E-state index in [1.165, 1.54) is 0 Å². The summed E-state index contributed by atoms with van der Waals surface area (Å²) in [6.07, 6.45) is 2.83. The van der Waals surface area contributed by atoms with Crippen LogP contribution in [-0.4, -0.2) is 44.8 Å². The molecule has 1 aliphatic heterocycles. The normalized spacial score (nSPS) is 15.0. The van der Waals surface area contributed by atoms with Gasteiger partial charge >= 0.3 is 0 Å². The number of carbonyl (C=O) groups excluding carboxylic acids is 1. The number of hydrogen-bond donors (Lipinski definition) is 1. The minimum Gasteiger partial charge on any atom is -0.370 e. The SMILES string of the molecule is CCN(CC)c1ccc(S(=O)(=O)N2CCCCC2)cc1NC(=O)c1ccc(C)cc1.